The summed E-state index contributed by atoms with van der Waals surface area (Å²) < 4.78 is 24.5. The second kappa shape index (κ2) is 9.94. The Morgan fingerprint density at radius 2 is 1.77 bits per heavy atom. The van der Waals surface area contributed by atoms with Gasteiger partial charge in [0.25, 0.3) is 11.6 Å². The molecule has 3 rings (SSSR count). The number of hydrogen-bond donors (Lipinski definition) is 1. The average Bonchev–Trinajstić information content (AvgIpc) is 2.78. The van der Waals surface area contributed by atoms with Gasteiger partial charge in [-0.15, -0.1) is 0 Å². The van der Waals surface area contributed by atoms with Crippen molar-refractivity contribution in [2.24, 2.45) is 0 Å². The zero-order chi connectivity index (χ0) is 22.4. The number of carbonyl (C=O) groups excluding carboxylic acids is 1. The lowest BCUT2D eigenvalue weighted by atomic mass is 10.1. The number of nitro groups is 1. The lowest BCUT2D eigenvalue weighted by Gasteiger charge is -2.12. The van der Waals surface area contributed by atoms with Crippen molar-refractivity contribution in [1.82, 2.24) is 5.32 Å². The van der Waals surface area contributed by atoms with Crippen molar-refractivity contribution in [2.75, 3.05) is 14.2 Å². The first-order valence-electron chi connectivity index (χ1n) is 9.13. The molecule has 7 nitrogen and oxygen atoms in total. The van der Waals surface area contributed by atoms with Crippen LogP contribution in [0.1, 0.15) is 15.9 Å². The van der Waals surface area contributed by atoms with Gasteiger partial charge in [-0.25, -0.2) is 4.39 Å². The molecule has 0 saturated heterocycles. The molecule has 1 amide bonds. The van der Waals surface area contributed by atoms with Crippen molar-refractivity contribution in [2.45, 2.75) is 16.3 Å². The van der Waals surface area contributed by atoms with Crippen molar-refractivity contribution in [3.63, 3.8) is 0 Å². The van der Waals surface area contributed by atoms with E-state index >= 15 is 0 Å². The minimum absolute atomic E-state index is 0.0860. The van der Waals surface area contributed by atoms with Gasteiger partial charge in [0.05, 0.1) is 24.7 Å². The Kier molecular flexibility index (Phi) is 7.09. The largest absolute Gasteiger partial charge is 0.493 e. The molecule has 0 aromatic heterocycles. The zero-order valence-corrected chi connectivity index (χ0v) is 17.6. The highest BCUT2D eigenvalue weighted by Gasteiger charge is 2.19. The maximum Gasteiger partial charge on any atom is 0.270 e. The molecule has 160 valence electrons. The number of hydrogen-bond acceptors (Lipinski definition) is 6. The van der Waals surface area contributed by atoms with Crippen molar-refractivity contribution in [3.8, 4) is 11.5 Å². The summed E-state index contributed by atoms with van der Waals surface area (Å²) in [5.41, 5.74) is 0.608. The number of nitrogens with zero attached hydrogens (tertiary/aromatic N) is 1. The lowest BCUT2D eigenvalue weighted by Crippen LogP contribution is -2.23. The van der Waals surface area contributed by atoms with Gasteiger partial charge in [-0.05, 0) is 35.9 Å². The van der Waals surface area contributed by atoms with Crippen molar-refractivity contribution in [1.29, 1.82) is 0 Å². The molecule has 3 aromatic carbocycles. The maximum absolute atomic E-state index is 14.1. The molecule has 0 unspecified atom stereocenters. The van der Waals surface area contributed by atoms with E-state index in [0.717, 1.165) is 17.3 Å². The number of rotatable bonds is 8. The molecule has 3 aromatic rings. The number of methoxy groups -OCH3 is 2. The molecule has 0 spiro atoms. The molecule has 0 aliphatic rings. The lowest BCUT2D eigenvalue weighted by molar-refractivity contribution is -0.384. The van der Waals surface area contributed by atoms with Gasteiger partial charge in [-0.2, -0.15) is 0 Å². The van der Waals surface area contributed by atoms with E-state index in [1.165, 1.54) is 38.5 Å². The normalized spacial score (nSPS) is 10.4. The molecule has 0 fully saturated rings. The van der Waals surface area contributed by atoms with Gasteiger partial charge in [0.2, 0.25) is 0 Å². The van der Waals surface area contributed by atoms with E-state index in [2.05, 4.69) is 5.32 Å². The molecule has 31 heavy (non-hydrogen) atoms. The molecule has 0 aliphatic heterocycles. The summed E-state index contributed by atoms with van der Waals surface area (Å²) in [5, 5.41) is 13.9. The predicted molar refractivity (Wildman–Crippen MR) is 114 cm³/mol. The molecule has 0 atom stereocenters. The minimum atomic E-state index is -0.581. The number of amides is 1. The van der Waals surface area contributed by atoms with Crippen molar-refractivity contribution >= 4 is 23.4 Å². The fourth-order valence-corrected chi connectivity index (χ4v) is 3.76. The van der Waals surface area contributed by atoms with E-state index in [1.54, 1.807) is 36.4 Å². The Labute approximate surface area is 182 Å². The summed E-state index contributed by atoms with van der Waals surface area (Å²) in [6, 6.07) is 15.2. The van der Waals surface area contributed by atoms with E-state index < -0.39 is 16.6 Å². The summed E-state index contributed by atoms with van der Waals surface area (Å²) in [6.07, 6.45) is 0. The van der Waals surface area contributed by atoms with Gasteiger partial charge in [-0.1, -0.05) is 30.0 Å². The number of non-ortho nitro benzene ring substituents is 1. The number of nitro benzene ring substituents is 1. The van der Waals surface area contributed by atoms with Crippen LogP contribution in [0.4, 0.5) is 10.1 Å². The van der Waals surface area contributed by atoms with E-state index in [1.807, 2.05) is 0 Å². The molecule has 9 heteroatoms. The minimum Gasteiger partial charge on any atom is -0.493 e. The second-order valence-electron chi connectivity index (χ2n) is 6.34. The Morgan fingerprint density at radius 3 is 2.45 bits per heavy atom. The first kappa shape index (κ1) is 22.1. The standard InChI is InChI=1S/C22H19FN2O5S/c1-29-18-9-7-14(11-19(18)30-2)13-24-22(26)16-12-15(25(27)28)8-10-20(16)31-21-6-4-3-5-17(21)23/h3-12H,13H2,1-2H3,(H,24,26). The molecule has 0 radical (unpaired) electrons. The van der Waals surface area contributed by atoms with E-state index in [4.69, 9.17) is 9.47 Å². The van der Waals surface area contributed by atoms with Gasteiger partial charge in [0.15, 0.2) is 11.5 Å². The molecular formula is C22H19FN2O5S. The van der Waals surface area contributed by atoms with Crippen molar-refractivity contribution in [3.05, 3.63) is 87.7 Å². The summed E-state index contributed by atoms with van der Waals surface area (Å²) in [5.74, 6) is 0.111. The average molecular weight is 442 g/mol. The Morgan fingerprint density at radius 1 is 1.03 bits per heavy atom. The summed E-state index contributed by atoms with van der Waals surface area (Å²) in [7, 11) is 3.03. The predicted octanol–water partition coefficient (Wildman–Crippen LogP) is 4.83. The third kappa shape index (κ3) is 5.32. The van der Waals surface area contributed by atoms with Gasteiger partial charge >= 0.3 is 0 Å². The van der Waals surface area contributed by atoms with Crippen LogP contribution in [0.2, 0.25) is 0 Å². The van der Waals surface area contributed by atoms with Crippen LogP contribution in [0, 0.1) is 15.9 Å². The van der Waals surface area contributed by atoms with Gasteiger partial charge in [-0.3, -0.25) is 14.9 Å². The van der Waals surface area contributed by atoms with Gasteiger partial charge in [0, 0.05) is 28.5 Å². The van der Waals surface area contributed by atoms with Crippen LogP contribution in [-0.4, -0.2) is 25.1 Å². The number of halogens is 1. The topological polar surface area (TPSA) is 90.7 Å². The molecule has 1 N–H and O–H groups in total. The third-order valence-electron chi connectivity index (χ3n) is 4.38. The third-order valence-corrected chi connectivity index (χ3v) is 5.50. The summed E-state index contributed by atoms with van der Waals surface area (Å²) in [4.78, 5) is 24.2. The Balaban J connectivity index is 1.85. The van der Waals surface area contributed by atoms with Crippen LogP contribution >= 0.6 is 11.8 Å². The second-order valence-corrected chi connectivity index (χ2v) is 7.43. The van der Waals surface area contributed by atoms with Crippen LogP contribution in [0.15, 0.2) is 70.5 Å². The first-order chi connectivity index (χ1) is 14.9. The first-order valence-corrected chi connectivity index (χ1v) is 9.94. The highest BCUT2D eigenvalue weighted by Crippen LogP contribution is 2.34. The molecule has 0 heterocycles. The number of benzene rings is 3. The van der Waals surface area contributed by atoms with Gasteiger partial charge in [0.1, 0.15) is 5.82 Å². The summed E-state index contributed by atoms with van der Waals surface area (Å²) in [6.45, 7) is 0.158. The summed E-state index contributed by atoms with van der Waals surface area (Å²) >= 11 is 1.03. The fraction of sp³-hybridized carbons (Fsp3) is 0.136. The molecule has 0 bridgehead atoms. The molecular weight excluding hydrogens is 423 g/mol. The van der Waals surface area contributed by atoms with Crippen LogP contribution in [0.25, 0.3) is 0 Å². The fourth-order valence-electron chi connectivity index (χ4n) is 2.81. The van der Waals surface area contributed by atoms with Gasteiger partial charge < -0.3 is 14.8 Å². The Bertz CT molecular complexity index is 1120. The molecule has 0 aliphatic carbocycles. The maximum atomic E-state index is 14.1. The monoisotopic (exact) mass is 442 g/mol. The zero-order valence-electron chi connectivity index (χ0n) is 16.8. The molecule has 0 saturated carbocycles. The van der Waals surface area contributed by atoms with E-state index in [-0.39, 0.29) is 17.8 Å². The van der Waals surface area contributed by atoms with Crippen molar-refractivity contribution < 1.29 is 23.6 Å². The highest BCUT2D eigenvalue weighted by molar-refractivity contribution is 7.99. The SMILES string of the molecule is COc1ccc(CNC(=O)c2cc([N+](=O)[O-])ccc2Sc2ccccc2F)cc1OC. The quantitative estimate of drug-likeness (QED) is 0.397. The number of carbonyl (C=O) groups is 1. The van der Waals surface area contributed by atoms with E-state index in [9.17, 15) is 19.3 Å². The van der Waals surface area contributed by atoms with Crippen LogP contribution in [0.5, 0.6) is 11.5 Å². The Hall–Kier alpha value is -3.59. The van der Waals surface area contributed by atoms with Crippen LogP contribution in [0.3, 0.4) is 0 Å². The smallest absolute Gasteiger partial charge is 0.270 e. The van der Waals surface area contributed by atoms with Crippen LogP contribution < -0.4 is 14.8 Å². The van der Waals surface area contributed by atoms with Crippen LogP contribution in [-0.2, 0) is 6.54 Å². The number of ether oxygens (including phenoxy) is 2. The van der Waals surface area contributed by atoms with E-state index in [0.29, 0.717) is 21.3 Å². The number of nitrogens with one attached hydrogen (secondary N) is 1. The highest BCUT2D eigenvalue weighted by atomic mass is 32.2.